The minimum atomic E-state index is -3.76. The number of nitriles is 1. The van der Waals surface area contributed by atoms with Crippen LogP contribution in [0.3, 0.4) is 0 Å². The van der Waals surface area contributed by atoms with Crippen molar-refractivity contribution in [1.29, 1.82) is 5.26 Å². The lowest BCUT2D eigenvalue weighted by Gasteiger charge is -2.15. The number of allylic oxidation sites excluding steroid dienone is 1. The fraction of sp³-hybridized carbons (Fsp3) is 0.333. The number of nitrogens with two attached hydrogens (primary N) is 1. The van der Waals surface area contributed by atoms with E-state index in [1.165, 1.54) is 24.3 Å². The molecular weight excluding hydrogens is 302 g/mol. The Labute approximate surface area is 129 Å². The fourth-order valence-corrected chi connectivity index (χ4v) is 2.96. The third-order valence-electron chi connectivity index (χ3n) is 3.59. The number of sulfonamides is 1. The molecule has 1 aromatic carbocycles. The molecule has 0 bridgehead atoms. The van der Waals surface area contributed by atoms with Crippen LogP contribution in [0.5, 0.6) is 0 Å². The zero-order valence-corrected chi connectivity index (χ0v) is 12.8. The second-order valence-electron chi connectivity index (χ2n) is 5.17. The van der Waals surface area contributed by atoms with Gasteiger partial charge in [0.2, 0.25) is 10.0 Å². The zero-order valence-electron chi connectivity index (χ0n) is 12.0. The zero-order chi connectivity index (χ0) is 16.2. The fourth-order valence-electron chi connectivity index (χ4n) is 2.44. The number of nitrogens with one attached hydrogen (secondary N) is 1. The highest BCUT2D eigenvalue weighted by Gasteiger charge is 2.17. The van der Waals surface area contributed by atoms with Crippen molar-refractivity contribution >= 4 is 21.6 Å². The van der Waals surface area contributed by atoms with Crippen LogP contribution in [0.2, 0.25) is 0 Å². The van der Waals surface area contributed by atoms with Crippen LogP contribution in [-0.4, -0.2) is 14.3 Å². The summed E-state index contributed by atoms with van der Waals surface area (Å²) in [7, 11) is -3.76. The van der Waals surface area contributed by atoms with Crippen LogP contribution in [0.4, 0.5) is 5.69 Å². The first-order chi connectivity index (χ1) is 10.4. The number of benzene rings is 1. The predicted molar refractivity (Wildman–Crippen MR) is 82.2 cm³/mol. The monoisotopic (exact) mass is 319 g/mol. The molecule has 7 heteroatoms. The first kappa shape index (κ1) is 16.2. The second-order valence-corrected chi connectivity index (χ2v) is 6.74. The molecule has 1 amide bonds. The SMILES string of the molecule is N#CC(C(=O)Nc1ccc(S(N)(=O)=O)cc1)=C1CCCCC1. The summed E-state index contributed by atoms with van der Waals surface area (Å²) in [5.74, 6) is -0.456. The van der Waals surface area contributed by atoms with Crippen molar-refractivity contribution in [1.82, 2.24) is 0 Å². The topological polar surface area (TPSA) is 113 Å². The van der Waals surface area contributed by atoms with Gasteiger partial charge in [-0.2, -0.15) is 5.26 Å². The van der Waals surface area contributed by atoms with Gasteiger partial charge in [-0.1, -0.05) is 6.42 Å². The number of hydrogen-bond acceptors (Lipinski definition) is 4. The Bertz CT molecular complexity index is 735. The van der Waals surface area contributed by atoms with Crippen LogP contribution in [-0.2, 0) is 14.8 Å². The molecule has 1 aliphatic carbocycles. The van der Waals surface area contributed by atoms with Gasteiger partial charge in [0.15, 0.2) is 0 Å². The van der Waals surface area contributed by atoms with Gasteiger partial charge in [0.25, 0.3) is 5.91 Å². The standard InChI is InChI=1S/C15H17N3O3S/c16-10-14(11-4-2-1-3-5-11)15(19)18-12-6-8-13(9-7-12)22(17,20)21/h6-9H,1-5H2,(H,18,19)(H2,17,20,21). The molecule has 1 fully saturated rings. The minimum absolute atomic E-state index is 0.0309. The summed E-state index contributed by atoms with van der Waals surface area (Å²) < 4.78 is 22.3. The summed E-state index contributed by atoms with van der Waals surface area (Å²) in [4.78, 5) is 12.2. The van der Waals surface area contributed by atoms with E-state index in [0.29, 0.717) is 5.69 Å². The van der Waals surface area contributed by atoms with Crippen molar-refractivity contribution < 1.29 is 13.2 Å². The first-order valence-corrected chi connectivity index (χ1v) is 8.53. The number of carbonyl (C=O) groups is 1. The maximum atomic E-state index is 12.2. The first-order valence-electron chi connectivity index (χ1n) is 6.98. The molecule has 0 heterocycles. The Hall–Kier alpha value is -2.17. The molecule has 6 nitrogen and oxygen atoms in total. The molecule has 22 heavy (non-hydrogen) atoms. The Kier molecular flexibility index (Phi) is 4.96. The predicted octanol–water partition coefficient (Wildman–Crippen LogP) is 2.06. The Morgan fingerprint density at radius 1 is 1.14 bits per heavy atom. The average molecular weight is 319 g/mol. The highest BCUT2D eigenvalue weighted by molar-refractivity contribution is 7.89. The Balaban J connectivity index is 2.16. The number of rotatable bonds is 3. The van der Waals surface area contributed by atoms with E-state index in [1.54, 1.807) is 0 Å². The van der Waals surface area contributed by atoms with Gasteiger partial charge >= 0.3 is 0 Å². The number of anilines is 1. The molecule has 0 atom stereocenters. The molecule has 0 aliphatic heterocycles. The van der Waals surface area contributed by atoms with Gasteiger partial charge in [-0.15, -0.1) is 0 Å². The smallest absolute Gasteiger partial charge is 0.266 e. The van der Waals surface area contributed by atoms with E-state index < -0.39 is 15.9 Å². The Morgan fingerprint density at radius 3 is 2.23 bits per heavy atom. The molecule has 0 unspecified atom stereocenters. The lowest BCUT2D eigenvalue weighted by molar-refractivity contribution is -0.112. The van der Waals surface area contributed by atoms with Crippen molar-refractivity contribution in [3.8, 4) is 6.07 Å². The second kappa shape index (κ2) is 6.73. The van der Waals surface area contributed by atoms with E-state index >= 15 is 0 Å². The molecule has 1 saturated carbocycles. The Morgan fingerprint density at radius 2 is 1.73 bits per heavy atom. The molecule has 1 aliphatic rings. The number of primary sulfonamides is 1. The number of carbonyl (C=O) groups excluding carboxylic acids is 1. The van der Waals surface area contributed by atoms with Crippen molar-refractivity contribution in [3.05, 3.63) is 35.4 Å². The summed E-state index contributed by atoms with van der Waals surface area (Å²) in [5, 5.41) is 16.8. The van der Waals surface area contributed by atoms with Gasteiger partial charge < -0.3 is 5.32 Å². The summed E-state index contributed by atoms with van der Waals surface area (Å²) in [5.41, 5.74) is 1.48. The summed E-state index contributed by atoms with van der Waals surface area (Å²) >= 11 is 0. The maximum Gasteiger partial charge on any atom is 0.266 e. The van der Waals surface area contributed by atoms with Crippen LogP contribution in [0, 0.1) is 11.3 Å². The van der Waals surface area contributed by atoms with Gasteiger partial charge in [-0.3, -0.25) is 4.79 Å². The van der Waals surface area contributed by atoms with E-state index in [0.717, 1.165) is 37.7 Å². The summed E-state index contributed by atoms with van der Waals surface area (Å²) in [6.07, 6.45) is 4.67. The number of hydrogen-bond donors (Lipinski definition) is 2. The molecule has 2 rings (SSSR count). The molecule has 3 N–H and O–H groups in total. The normalized spacial score (nSPS) is 15.0. The molecule has 1 aromatic rings. The van der Waals surface area contributed by atoms with Crippen molar-refractivity contribution in [2.75, 3.05) is 5.32 Å². The average Bonchev–Trinajstić information content (AvgIpc) is 2.48. The van der Waals surface area contributed by atoms with E-state index in [1.807, 2.05) is 6.07 Å². The van der Waals surface area contributed by atoms with Crippen molar-refractivity contribution in [2.24, 2.45) is 5.14 Å². The van der Waals surface area contributed by atoms with Gasteiger partial charge in [-0.25, -0.2) is 13.6 Å². The van der Waals surface area contributed by atoms with Gasteiger partial charge in [0.05, 0.1) is 4.90 Å². The maximum absolute atomic E-state index is 12.2. The van der Waals surface area contributed by atoms with Crippen LogP contribution in [0.1, 0.15) is 32.1 Å². The number of nitrogens with zero attached hydrogens (tertiary/aromatic N) is 1. The van der Waals surface area contributed by atoms with Crippen molar-refractivity contribution in [3.63, 3.8) is 0 Å². The molecule has 0 aromatic heterocycles. The van der Waals surface area contributed by atoms with E-state index in [-0.39, 0.29) is 10.5 Å². The quantitative estimate of drug-likeness (QED) is 0.655. The van der Waals surface area contributed by atoms with Crippen LogP contribution in [0.15, 0.2) is 40.3 Å². The minimum Gasteiger partial charge on any atom is -0.321 e. The van der Waals surface area contributed by atoms with Crippen LogP contribution >= 0.6 is 0 Å². The van der Waals surface area contributed by atoms with Gasteiger partial charge in [-0.05, 0) is 55.5 Å². The molecule has 116 valence electrons. The van der Waals surface area contributed by atoms with Gasteiger partial charge in [0.1, 0.15) is 11.6 Å². The largest absolute Gasteiger partial charge is 0.321 e. The lowest BCUT2D eigenvalue weighted by Crippen LogP contribution is -2.17. The highest BCUT2D eigenvalue weighted by atomic mass is 32.2. The van der Waals surface area contributed by atoms with E-state index in [4.69, 9.17) is 5.14 Å². The third-order valence-corrected chi connectivity index (χ3v) is 4.52. The van der Waals surface area contributed by atoms with E-state index in [2.05, 4.69) is 5.32 Å². The van der Waals surface area contributed by atoms with Gasteiger partial charge in [0, 0.05) is 5.69 Å². The molecule has 0 spiro atoms. The number of amides is 1. The van der Waals surface area contributed by atoms with E-state index in [9.17, 15) is 18.5 Å². The van der Waals surface area contributed by atoms with Crippen LogP contribution < -0.4 is 10.5 Å². The molecule has 0 radical (unpaired) electrons. The van der Waals surface area contributed by atoms with Crippen LogP contribution in [0.25, 0.3) is 0 Å². The third kappa shape index (κ3) is 3.93. The molecular formula is C15H17N3O3S. The molecule has 0 saturated heterocycles. The summed E-state index contributed by atoms with van der Waals surface area (Å²) in [6, 6.07) is 7.48. The highest BCUT2D eigenvalue weighted by Crippen LogP contribution is 2.26. The van der Waals surface area contributed by atoms with Crippen molar-refractivity contribution in [2.45, 2.75) is 37.0 Å². The summed E-state index contributed by atoms with van der Waals surface area (Å²) in [6.45, 7) is 0. The lowest BCUT2D eigenvalue weighted by atomic mass is 9.91.